The molecule has 2 aromatic carbocycles. The van der Waals surface area contributed by atoms with Crippen LogP contribution in [0.15, 0.2) is 48.5 Å². The molecule has 1 aliphatic rings. The highest BCUT2D eigenvalue weighted by Crippen LogP contribution is 2.52. The quantitative estimate of drug-likeness (QED) is 0.802. The molecule has 2 aromatic rings. The molecule has 1 fully saturated rings. The molecule has 1 saturated carbocycles. The standard InChI is InChI=1S/C19H20ClNO2/c1-12(19(22)23)15-10-16(15)14-7-8-17(20)18(9-14)21-11-13-5-3-2-4-6-13/h2-9,12,15-16,21H,10-11H2,1H3,(H,22,23). The summed E-state index contributed by atoms with van der Waals surface area (Å²) < 4.78 is 0. The number of hydrogen-bond donors (Lipinski definition) is 2. The second-order valence-electron chi connectivity index (χ2n) is 6.21. The minimum atomic E-state index is -0.714. The van der Waals surface area contributed by atoms with Crippen molar-refractivity contribution in [1.82, 2.24) is 0 Å². The maximum Gasteiger partial charge on any atom is 0.306 e. The second-order valence-corrected chi connectivity index (χ2v) is 6.62. The van der Waals surface area contributed by atoms with Gasteiger partial charge >= 0.3 is 5.97 Å². The van der Waals surface area contributed by atoms with E-state index >= 15 is 0 Å². The fraction of sp³-hybridized carbons (Fsp3) is 0.316. The van der Waals surface area contributed by atoms with Gasteiger partial charge in [-0.05, 0) is 41.5 Å². The van der Waals surface area contributed by atoms with Crippen LogP contribution in [0.2, 0.25) is 5.02 Å². The lowest BCUT2D eigenvalue weighted by atomic mass is 10.0. The molecule has 0 bridgehead atoms. The highest BCUT2D eigenvalue weighted by Gasteiger charge is 2.44. The predicted molar refractivity (Wildman–Crippen MR) is 92.9 cm³/mol. The number of benzene rings is 2. The van der Waals surface area contributed by atoms with Gasteiger partial charge in [0.1, 0.15) is 0 Å². The Hall–Kier alpha value is -2.00. The summed E-state index contributed by atoms with van der Waals surface area (Å²) in [5.41, 5.74) is 3.27. The lowest BCUT2D eigenvalue weighted by Crippen LogP contribution is -2.12. The van der Waals surface area contributed by atoms with Crippen molar-refractivity contribution in [2.45, 2.75) is 25.8 Å². The molecule has 0 aliphatic heterocycles. The molecule has 3 nitrogen and oxygen atoms in total. The van der Waals surface area contributed by atoms with Gasteiger partial charge in [-0.2, -0.15) is 0 Å². The minimum Gasteiger partial charge on any atom is -0.481 e. The molecule has 0 aromatic heterocycles. The monoisotopic (exact) mass is 329 g/mol. The molecule has 1 aliphatic carbocycles. The Balaban J connectivity index is 1.69. The highest BCUT2D eigenvalue weighted by molar-refractivity contribution is 6.33. The smallest absolute Gasteiger partial charge is 0.306 e. The van der Waals surface area contributed by atoms with E-state index in [0.29, 0.717) is 17.5 Å². The fourth-order valence-corrected chi connectivity index (χ4v) is 3.22. The lowest BCUT2D eigenvalue weighted by molar-refractivity contribution is -0.141. The number of rotatable bonds is 6. The summed E-state index contributed by atoms with van der Waals surface area (Å²) in [7, 11) is 0. The molecule has 0 saturated heterocycles. The molecule has 2 N–H and O–H groups in total. The van der Waals surface area contributed by atoms with Crippen LogP contribution in [0.1, 0.15) is 30.4 Å². The Morgan fingerprint density at radius 2 is 2.04 bits per heavy atom. The summed E-state index contributed by atoms with van der Waals surface area (Å²) in [6.45, 7) is 2.50. The zero-order valence-corrected chi connectivity index (χ0v) is 13.8. The van der Waals surface area contributed by atoms with Gasteiger partial charge < -0.3 is 10.4 Å². The van der Waals surface area contributed by atoms with Crippen molar-refractivity contribution in [2.24, 2.45) is 11.8 Å². The molecular weight excluding hydrogens is 310 g/mol. The van der Waals surface area contributed by atoms with E-state index in [1.54, 1.807) is 6.92 Å². The molecule has 3 rings (SSSR count). The van der Waals surface area contributed by atoms with Crippen molar-refractivity contribution in [3.63, 3.8) is 0 Å². The molecule has 0 radical (unpaired) electrons. The average molecular weight is 330 g/mol. The van der Waals surface area contributed by atoms with Gasteiger partial charge in [-0.25, -0.2) is 0 Å². The van der Waals surface area contributed by atoms with E-state index in [9.17, 15) is 4.79 Å². The lowest BCUT2D eigenvalue weighted by Gasteiger charge is -2.11. The van der Waals surface area contributed by atoms with E-state index in [1.807, 2.05) is 30.3 Å². The third-order valence-electron chi connectivity index (χ3n) is 4.62. The number of halogens is 1. The maximum atomic E-state index is 11.1. The van der Waals surface area contributed by atoms with Gasteiger partial charge in [-0.1, -0.05) is 54.9 Å². The fourth-order valence-electron chi connectivity index (χ4n) is 3.04. The van der Waals surface area contributed by atoms with Crippen LogP contribution in [-0.4, -0.2) is 11.1 Å². The zero-order valence-electron chi connectivity index (χ0n) is 13.0. The molecule has 0 heterocycles. The van der Waals surface area contributed by atoms with Crippen LogP contribution in [0.3, 0.4) is 0 Å². The molecule has 0 spiro atoms. The number of hydrogen-bond acceptors (Lipinski definition) is 2. The number of nitrogens with one attached hydrogen (secondary N) is 1. The third kappa shape index (κ3) is 3.67. The van der Waals surface area contributed by atoms with Crippen LogP contribution in [0, 0.1) is 11.8 Å². The van der Waals surface area contributed by atoms with Crippen LogP contribution >= 0.6 is 11.6 Å². The summed E-state index contributed by atoms with van der Waals surface area (Å²) in [5.74, 6) is -0.448. The first-order valence-corrected chi connectivity index (χ1v) is 8.24. The van der Waals surface area contributed by atoms with Crippen molar-refractivity contribution < 1.29 is 9.90 Å². The average Bonchev–Trinajstić information content (AvgIpc) is 3.35. The van der Waals surface area contributed by atoms with Gasteiger partial charge in [0.25, 0.3) is 0 Å². The molecule has 120 valence electrons. The number of carbonyl (C=O) groups is 1. The molecule has 4 heteroatoms. The Morgan fingerprint density at radius 1 is 1.30 bits per heavy atom. The van der Waals surface area contributed by atoms with Crippen LogP contribution in [-0.2, 0) is 11.3 Å². The topological polar surface area (TPSA) is 49.3 Å². The highest BCUT2D eigenvalue weighted by atomic mass is 35.5. The van der Waals surface area contributed by atoms with E-state index in [2.05, 4.69) is 23.5 Å². The first kappa shape index (κ1) is 15.9. The first-order chi connectivity index (χ1) is 11.1. The van der Waals surface area contributed by atoms with Crippen LogP contribution in [0.5, 0.6) is 0 Å². The third-order valence-corrected chi connectivity index (χ3v) is 4.95. The Labute approximate surface area is 141 Å². The number of carboxylic acids is 1. The van der Waals surface area contributed by atoms with Gasteiger partial charge in [-0.15, -0.1) is 0 Å². The SMILES string of the molecule is CC(C(=O)O)C1CC1c1ccc(Cl)c(NCc2ccccc2)c1. The summed E-state index contributed by atoms with van der Waals surface area (Å²) in [5, 5.41) is 13.2. The van der Waals surface area contributed by atoms with Gasteiger partial charge in [0.15, 0.2) is 0 Å². The van der Waals surface area contributed by atoms with E-state index in [-0.39, 0.29) is 11.8 Å². The Morgan fingerprint density at radius 3 is 2.74 bits per heavy atom. The first-order valence-electron chi connectivity index (χ1n) is 7.86. The minimum absolute atomic E-state index is 0.232. The van der Waals surface area contributed by atoms with Gasteiger partial charge in [0, 0.05) is 6.54 Å². The van der Waals surface area contributed by atoms with E-state index in [0.717, 1.165) is 12.1 Å². The van der Waals surface area contributed by atoms with Crippen molar-refractivity contribution in [3.05, 3.63) is 64.7 Å². The summed E-state index contributed by atoms with van der Waals surface area (Å²) >= 11 is 6.28. The predicted octanol–water partition coefficient (Wildman–Crippen LogP) is 4.78. The second kappa shape index (κ2) is 6.63. The van der Waals surface area contributed by atoms with Crippen molar-refractivity contribution in [2.75, 3.05) is 5.32 Å². The molecule has 3 unspecified atom stereocenters. The number of aliphatic carboxylic acids is 1. The Bertz CT molecular complexity index is 702. The number of carboxylic acid groups (broad SMARTS) is 1. The largest absolute Gasteiger partial charge is 0.481 e. The molecule has 0 amide bonds. The summed E-state index contributed by atoms with van der Waals surface area (Å²) in [6, 6.07) is 16.1. The summed E-state index contributed by atoms with van der Waals surface area (Å²) in [6.07, 6.45) is 0.938. The van der Waals surface area contributed by atoms with E-state index in [1.165, 1.54) is 11.1 Å². The van der Waals surface area contributed by atoms with Gasteiger partial charge in [0.05, 0.1) is 16.6 Å². The molecule has 3 atom stereocenters. The van der Waals surface area contributed by atoms with Crippen LogP contribution < -0.4 is 5.32 Å². The van der Waals surface area contributed by atoms with Crippen LogP contribution in [0.25, 0.3) is 0 Å². The number of anilines is 1. The van der Waals surface area contributed by atoms with Crippen molar-refractivity contribution >= 4 is 23.3 Å². The molecule has 23 heavy (non-hydrogen) atoms. The summed E-state index contributed by atoms with van der Waals surface area (Å²) in [4.78, 5) is 11.1. The van der Waals surface area contributed by atoms with Crippen molar-refractivity contribution in [1.29, 1.82) is 0 Å². The van der Waals surface area contributed by atoms with Crippen LogP contribution in [0.4, 0.5) is 5.69 Å². The van der Waals surface area contributed by atoms with E-state index in [4.69, 9.17) is 16.7 Å². The Kier molecular flexibility index (Phi) is 4.58. The van der Waals surface area contributed by atoms with E-state index < -0.39 is 5.97 Å². The molecular formula is C19H20ClNO2. The normalized spacial score (nSPS) is 20.8. The van der Waals surface area contributed by atoms with Crippen molar-refractivity contribution in [3.8, 4) is 0 Å². The maximum absolute atomic E-state index is 11.1. The van der Waals surface area contributed by atoms with Gasteiger partial charge in [0.2, 0.25) is 0 Å². The van der Waals surface area contributed by atoms with Gasteiger partial charge in [-0.3, -0.25) is 4.79 Å². The zero-order chi connectivity index (χ0) is 16.4.